The number of aromatic nitrogens is 1. The van der Waals surface area contributed by atoms with Gasteiger partial charge < -0.3 is 9.84 Å². The zero-order chi connectivity index (χ0) is 14.7. The summed E-state index contributed by atoms with van der Waals surface area (Å²) in [4.78, 5) is 26.6. The number of carbonyl (C=O) groups excluding carboxylic acids is 1. The predicted octanol–water partition coefficient (Wildman–Crippen LogP) is 2.71. The van der Waals surface area contributed by atoms with E-state index in [9.17, 15) is 14.7 Å². The zero-order valence-corrected chi connectivity index (χ0v) is 12.4. The maximum absolute atomic E-state index is 11.3. The lowest BCUT2D eigenvalue weighted by atomic mass is 10.1. The first-order chi connectivity index (χ1) is 9.52. The number of nitrogens with zero attached hydrogens (tertiary/aromatic N) is 1. The van der Waals surface area contributed by atoms with Crippen molar-refractivity contribution >= 4 is 45.3 Å². The number of benzene rings is 1. The van der Waals surface area contributed by atoms with Gasteiger partial charge in [-0.3, -0.25) is 9.59 Å². The standard InChI is InChI=1S/C13H13NO4S2/c1-2-18-9-5-3-4-8-11(9)20-12(14-8)7(13(16)17)6-10(15)19/h3-5,7H,2,6H2,1H3,(H,15,19)(H,16,17). The Bertz CT molecular complexity index is 653. The van der Waals surface area contributed by atoms with Gasteiger partial charge in [0.15, 0.2) is 5.12 Å². The Balaban J connectivity index is 2.46. The van der Waals surface area contributed by atoms with Crippen molar-refractivity contribution in [3.05, 3.63) is 23.2 Å². The van der Waals surface area contributed by atoms with Gasteiger partial charge in [-0.15, -0.1) is 24.0 Å². The van der Waals surface area contributed by atoms with Crippen LogP contribution in [0.1, 0.15) is 24.3 Å². The number of rotatable bonds is 6. The number of ether oxygens (including phenoxy) is 1. The van der Waals surface area contributed by atoms with Crippen LogP contribution in [0.5, 0.6) is 5.75 Å². The third kappa shape index (κ3) is 3.10. The molecule has 2 rings (SSSR count). The van der Waals surface area contributed by atoms with Crippen molar-refractivity contribution in [2.45, 2.75) is 19.3 Å². The van der Waals surface area contributed by atoms with Crippen LogP contribution in [0, 0.1) is 0 Å². The Morgan fingerprint density at radius 2 is 2.25 bits per heavy atom. The third-order valence-electron chi connectivity index (χ3n) is 2.67. The molecule has 0 spiro atoms. The number of carboxylic acid groups (broad SMARTS) is 1. The number of thiazole rings is 1. The van der Waals surface area contributed by atoms with E-state index >= 15 is 0 Å². The van der Waals surface area contributed by atoms with Gasteiger partial charge in [0.25, 0.3) is 0 Å². The minimum absolute atomic E-state index is 0.178. The summed E-state index contributed by atoms with van der Waals surface area (Å²) in [7, 11) is 0. The molecule has 1 aromatic carbocycles. The molecule has 1 aromatic heterocycles. The van der Waals surface area contributed by atoms with E-state index in [4.69, 9.17) is 4.74 Å². The Kier molecular flexibility index (Phi) is 4.61. The van der Waals surface area contributed by atoms with Gasteiger partial charge in [0, 0.05) is 6.42 Å². The quantitative estimate of drug-likeness (QED) is 0.802. The summed E-state index contributed by atoms with van der Waals surface area (Å²) in [6.45, 7) is 2.39. The molecule has 0 radical (unpaired) electrons. The Morgan fingerprint density at radius 1 is 1.50 bits per heavy atom. The van der Waals surface area contributed by atoms with Crippen molar-refractivity contribution in [1.82, 2.24) is 4.98 Å². The van der Waals surface area contributed by atoms with Crippen LogP contribution in [0.4, 0.5) is 0 Å². The van der Waals surface area contributed by atoms with Gasteiger partial charge in [0.1, 0.15) is 16.7 Å². The van der Waals surface area contributed by atoms with Gasteiger partial charge in [-0.05, 0) is 19.1 Å². The van der Waals surface area contributed by atoms with Gasteiger partial charge in [-0.2, -0.15) is 0 Å². The zero-order valence-electron chi connectivity index (χ0n) is 10.7. The van der Waals surface area contributed by atoms with Crippen molar-refractivity contribution < 1.29 is 19.4 Å². The second-order valence-corrected chi connectivity index (χ2v) is 5.61. The topological polar surface area (TPSA) is 76.5 Å². The van der Waals surface area contributed by atoms with E-state index in [1.165, 1.54) is 11.3 Å². The fourth-order valence-corrected chi connectivity index (χ4v) is 3.12. The summed E-state index contributed by atoms with van der Waals surface area (Å²) >= 11 is 4.89. The smallest absolute Gasteiger partial charge is 0.313 e. The normalized spacial score (nSPS) is 12.3. The first-order valence-electron chi connectivity index (χ1n) is 5.99. The van der Waals surface area contributed by atoms with Crippen LogP contribution in [0.3, 0.4) is 0 Å². The highest BCUT2D eigenvalue weighted by molar-refractivity contribution is 7.96. The molecule has 0 amide bonds. The highest BCUT2D eigenvalue weighted by Crippen LogP contribution is 2.35. The molecular weight excluding hydrogens is 298 g/mol. The number of carboxylic acids is 1. The molecule has 0 aliphatic carbocycles. The molecule has 5 nitrogen and oxygen atoms in total. The molecule has 1 atom stereocenters. The summed E-state index contributed by atoms with van der Waals surface area (Å²) in [5.74, 6) is -1.37. The number of hydrogen-bond acceptors (Lipinski definition) is 5. The van der Waals surface area contributed by atoms with Crippen LogP contribution in [-0.4, -0.2) is 27.8 Å². The van der Waals surface area contributed by atoms with Crippen molar-refractivity contribution in [3.8, 4) is 5.75 Å². The summed E-state index contributed by atoms with van der Waals surface area (Å²) in [6, 6.07) is 5.41. The summed E-state index contributed by atoms with van der Waals surface area (Å²) in [6.07, 6.45) is -0.178. The number of fused-ring (bicyclic) bond motifs is 1. The second kappa shape index (κ2) is 6.23. The Hall–Kier alpha value is -1.60. The molecule has 106 valence electrons. The van der Waals surface area contributed by atoms with Crippen LogP contribution in [-0.2, 0) is 9.59 Å². The van der Waals surface area contributed by atoms with Crippen LogP contribution < -0.4 is 4.74 Å². The SMILES string of the molecule is CCOc1cccc2nc(C(CC(=O)S)C(=O)O)sc12. The van der Waals surface area contributed by atoms with Gasteiger partial charge in [-0.25, -0.2) is 4.98 Å². The number of thiol groups is 1. The molecular formula is C13H13NO4S2. The second-order valence-electron chi connectivity index (χ2n) is 4.08. The molecule has 1 heterocycles. The predicted molar refractivity (Wildman–Crippen MR) is 79.8 cm³/mol. The van der Waals surface area contributed by atoms with E-state index in [-0.39, 0.29) is 6.42 Å². The first-order valence-corrected chi connectivity index (χ1v) is 7.26. The average molecular weight is 311 g/mol. The molecule has 0 aliphatic rings. The Labute approximate surface area is 125 Å². The van der Waals surface area contributed by atoms with Gasteiger partial charge in [-0.1, -0.05) is 6.07 Å². The fraction of sp³-hybridized carbons (Fsp3) is 0.308. The van der Waals surface area contributed by atoms with Crippen molar-refractivity contribution in [1.29, 1.82) is 0 Å². The van der Waals surface area contributed by atoms with E-state index in [1.807, 2.05) is 13.0 Å². The van der Waals surface area contributed by atoms with Gasteiger partial charge in [0.05, 0.1) is 16.8 Å². The summed E-state index contributed by atoms with van der Waals surface area (Å²) in [5, 5.41) is 9.14. The maximum Gasteiger partial charge on any atom is 0.313 e. The lowest BCUT2D eigenvalue weighted by Crippen LogP contribution is -2.13. The van der Waals surface area contributed by atoms with Crippen LogP contribution in [0.15, 0.2) is 18.2 Å². The van der Waals surface area contributed by atoms with Crippen LogP contribution in [0.25, 0.3) is 10.2 Å². The number of carbonyl (C=O) groups is 2. The monoisotopic (exact) mass is 311 g/mol. The minimum Gasteiger partial charge on any atom is -0.492 e. The minimum atomic E-state index is -1.08. The molecule has 0 saturated carbocycles. The molecule has 0 fully saturated rings. The third-order valence-corrected chi connectivity index (χ3v) is 4.05. The Morgan fingerprint density at radius 3 is 2.85 bits per heavy atom. The molecule has 0 saturated heterocycles. The van der Waals surface area contributed by atoms with E-state index < -0.39 is 17.0 Å². The largest absolute Gasteiger partial charge is 0.492 e. The number of hydrogen-bond donors (Lipinski definition) is 2. The molecule has 20 heavy (non-hydrogen) atoms. The number of aliphatic carboxylic acids is 1. The summed E-state index contributed by atoms with van der Waals surface area (Å²) < 4.78 is 6.29. The van der Waals surface area contributed by atoms with Gasteiger partial charge in [0.2, 0.25) is 0 Å². The highest BCUT2D eigenvalue weighted by atomic mass is 32.1. The van der Waals surface area contributed by atoms with Crippen LogP contribution in [0.2, 0.25) is 0 Å². The van der Waals surface area contributed by atoms with E-state index in [0.29, 0.717) is 22.9 Å². The van der Waals surface area contributed by atoms with Gasteiger partial charge >= 0.3 is 5.97 Å². The van der Waals surface area contributed by atoms with Crippen molar-refractivity contribution in [2.24, 2.45) is 0 Å². The molecule has 0 bridgehead atoms. The summed E-state index contributed by atoms with van der Waals surface area (Å²) in [5.41, 5.74) is 0.675. The van der Waals surface area contributed by atoms with E-state index in [0.717, 1.165) is 4.70 Å². The lowest BCUT2D eigenvalue weighted by molar-refractivity contribution is -0.139. The molecule has 7 heteroatoms. The van der Waals surface area contributed by atoms with E-state index in [2.05, 4.69) is 17.6 Å². The van der Waals surface area contributed by atoms with Crippen LogP contribution >= 0.6 is 24.0 Å². The molecule has 1 unspecified atom stereocenters. The molecule has 0 aliphatic heterocycles. The molecule has 2 aromatic rings. The average Bonchev–Trinajstić information content (AvgIpc) is 2.80. The van der Waals surface area contributed by atoms with Crippen molar-refractivity contribution in [2.75, 3.05) is 6.61 Å². The maximum atomic E-state index is 11.3. The highest BCUT2D eigenvalue weighted by Gasteiger charge is 2.26. The first kappa shape index (κ1) is 14.8. The van der Waals surface area contributed by atoms with Crippen molar-refractivity contribution in [3.63, 3.8) is 0 Å². The van der Waals surface area contributed by atoms with E-state index in [1.54, 1.807) is 12.1 Å². The molecule has 1 N–H and O–H groups in total. The fourth-order valence-electron chi connectivity index (χ4n) is 1.81. The lowest BCUT2D eigenvalue weighted by Gasteiger charge is -2.05.